The Hall–Kier alpha value is -1.86. The van der Waals surface area contributed by atoms with Crippen molar-refractivity contribution in [3.8, 4) is 0 Å². The van der Waals surface area contributed by atoms with Gasteiger partial charge in [-0.2, -0.15) is 26.7 Å². The molecule has 0 aliphatic carbocycles. The predicted molar refractivity (Wildman–Crippen MR) is 103 cm³/mol. The third-order valence-corrected chi connectivity index (χ3v) is 5.22. The second kappa shape index (κ2) is 9.01. The van der Waals surface area contributed by atoms with E-state index in [4.69, 9.17) is 10.5 Å². The van der Waals surface area contributed by atoms with Gasteiger partial charge in [0.05, 0.1) is 11.9 Å². The van der Waals surface area contributed by atoms with Crippen LogP contribution in [0.4, 0.5) is 17.6 Å². The number of hydrogen-bond donors (Lipinski definition) is 2. The van der Waals surface area contributed by atoms with Gasteiger partial charge in [0, 0.05) is 18.0 Å². The van der Waals surface area contributed by atoms with Crippen LogP contribution in [0.3, 0.4) is 0 Å². The van der Waals surface area contributed by atoms with Gasteiger partial charge in [-0.15, -0.1) is 0 Å². The van der Waals surface area contributed by atoms with Gasteiger partial charge < -0.3 is 15.8 Å². The first-order valence-electron chi connectivity index (χ1n) is 8.79. The minimum Gasteiger partial charge on any atom is -0.377 e. The van der Waals surface area contributed by atoms with Crippen molar-refractivity contribution >= 4 is 29.3 Å². The summed E-state index contributed by atoms with van der Waals surface area (Å²) in [4.78, 5) is 13.0. The maximum Gasteiger partial charge on any atom is 0.232 e. The Morgan fingerprint density at radius 2 is 2.12 bits per heavy atom. The monoisotopic (exact) mass is 359 g/mol. The van der Waals surface area contributed by atoms with Crippen molar-refractivity contribution in [2.45, 2.75) is 44.5 Å². The fourth-order valence-corrected chi connectivity index (χ4v) is 3.81. The predicted octanol–water partition coefficient (Wildman–Crippen LogP) is 3.56. The number of nitrogens with two attached hydrogens (primary N) is 1. The summed E-state index contributed by atoms with van der Waals surface area (Å²) < 4.78 is 5.76. The van der Waals surface area contributed by atoms with Crippen LogP contribution < -0.4 is 11.1 Å². The van der Waals surface area contributed by atoms with Gasteiger partial charge in [0.1, 0.15) is 5.82 Å². The molecule has 0 spiro atoms. The van der Waals surface area contributed by atoms with E-state index in [1.54, 1.807) is 11.8 Å². The molecule has 0 unspecified atom stereocenters. The lowest BCUT2D eigenvalue weighted by molar-refractivity contribution is 0.0315. The number of nitrogen functional groups attached to an aromatic ring is 1. The topological polar surface area (TPSA) is 86.0 Å². The molecule has 6 nitrogen and oxygen atoms in total. The molecule has 1 aromatic carbocycles. The number of para-hydroxylation sites is 1. The van der Waals surface area contributed by atoms with Crippen molar-refractivity contribution in [3.63, 3.8) is 0 Å². The maximum atomic E-state index is 5.86. The number of aryl methyl sites for hydroxylation is 1. The van der Waals surface area contributed by atoms with E-state index >= 15 is 0 Å². The number of nitrogens with one attached hydrogen (secondary N) is 1. The van der Waals surface area contributed by atoms with E-state index in [9.17, 15) is 0 Å². The SMILES string of the molecule is CCc1ccccc1Nc1nc(N)nc(CSC[C@H]2CCCCO2)n1. The number of hydrogen-bond acceptors (Lipinski definition) is 7. The molecular weight excluding hydrogens is 334 g/mol. The van der Waals surface area contributed by atoms with Crippen molar-refractivity contribution in [2.75, 3.05) is 23.4 Å². The minimum atomic E-state index is 0.246. The molecule has 1 aliphatic rings. The highest BCUT2D eigenvalue weighted by Gasteiger charge is 2.14. The normalized spacial score (nSPS) is 17.4. The maximum absolute atomic E-state index is 5.86. The first-order valence-corrected chi connectivity index (χ1v) is 9.94. The molecule has 3 rings (SSSR count). The molecule has 134 valence electrons. The highest BCUT2D eigenvalue weighted by Crippen LogP contribution is 2.22. The number of benzene rings is 1. The van der Waals surface area contributed by atoms with Crippen LogP contribution in [0, 0.1) is 0 Å². The van der Waals surface area contributed by atoms with Gasteiger partial charge in [0.15, 0.2) is 0 Å². The Morgan fingerprint density at radius 3 is 2.92 bits per heavy atom. The van der Waals surface area contributed by atoms with Gasteiger partial charge in [-0.1, -0.05) is 25.1 Å². The van der Waals surface area contributed by atoms with E-state index in [-0.39, 0.29) is 5.95 Å². The Labute approximate surface area is 153 Å². The van der Waals surface area contributed by atoms with Crippen LogP contribution >= 0.6 is 11.8 Å². The van der Waals surface area contributed by atoms with E-state index < -0.39 is 0 Å². The van der Waals surface area contributed by atoms with Crippen LogP contribution in [0.25, 0.3) is 0 Å². The molecule has 2 aromatic rings. The molecule has 0 radical (unpaired) electrons. The summed E-state index contributed by atoms with van der Waals surface area (Å²) in [5.74, 6) is 3.11. The van der Waals surface area contributed by atoms with Crippen LogP contribution in [-0.4, -0.2) is 33.4 Å². The van der Waals surface area contributed by atoms with E-state index in [0.29, 0.717) is 23.6 Å². The second-order valence-corrected chi connectivity index (χ2v) is 7.10. The summed E-state index contributed by atoms with van der Waals surface area (Å²) in [5.41, 5.74) is 8.08. The van der Waals surface area contributed by atoms with Gasteiger partial charge >= 0.3 is 0 Å². The number of ether oxygens (including phenoxy) is 1. The molecule has 2 heterocycles. The zero-order chi connectivity index (χ0) is 17.5. The van der Waals surface area contributed by atoms with Gasteiger partial charge in [-0.05, 0) is 37.3 Å². The first-order chi connectivity index (χ1) is 12.2. The Bertz CT molecular complexity index is 691. The van der Waals surface area contributed by atoms with Crippen molar-refractivity contribution < 1.29 is 4.74 Å². The molecule has 1 atom stereocenters. The van der Waals surface area contributed by atoms with Gasteiger partial charge in [0.2, 0.25) is 11.9 Å². The summed E-state index contributed by atoms with van der Waals surface area (Å²) in [6, 6.07) is 8.13. The van der Waals surface area contributed by atoms with Crippen molar-refractivity contribution in [3.05, 3.63) is 35.7 Å². The number of anilines is 3. The molecule has 1 aromatic heterocycles. The van der Waals surface area contributed by atoms with Crippen LogP contribution in [0.15, 0.2) is 24.3 Å². The van der Waals surface area contributed by atoms with Crippen LogP contribution in [0.5, 0.6) is 0 Å². The molecule has 0 bridgehead atoms. The molecule has 25 heavy (non-hydrogen) atoms. The number of thioether (sulfide) groups is 1. The largest absolute Gasteiger partial charge is 0.377 e. The summed E-state index contributed by atoms with van der Waals surface area (Å²) >= 11 is 1.78. The van der Waals surface area contributed by atoms with E-state index in [1.165, 1.54) is 18.4 Å². The molecule has 7 heteroatoms. The molecule has 1 aliphatic heterocycles. The number of rotatable bonds is 7. The van der Waals surface area contributed by atoms with Gasteiger partial charge in [-0.3, -0.25) is 0 Å². The first kappa shape index (κ1) is 17.9. The highest BCUT2D eigenvalue weighted by molar-refractivity contribution is 7.98. The number of aromatic nitrogens is 3. The van der Waals surface area contributed by atoms with E-state index in [2.05, 4.69) is 33.3 Å². The van der Waals surface area contributed by atoms with Crippen molar-refractivity contribution in [1.29, 1.82) is 0 Å². The summed E-state index contributed by atoms with van der Waals surface area (Å²) in [6.45, 7) is 3.01. The van der Waals surface area contributed by atoms with Crippen molar-refractivity contribution in [2.24, 2.45) is 0 Å². The fourth-order valence-electron chi connectivity index (χ4n) is 2.85. The van der Waals surface area contributed by atoms with Gasteiger partial charge in [-0.25, -0.2) is 0 Å². The fraction of sp³-hybridized carbons (Fsp3) is 0.500. The molecule has 0 amide bonds. The zero-order valence-corrected chi connectivity index (χ0v) is 15.4. The lowest BCUT2D eigenvalue weighted by Crippen LogP contribution is -2.21. The molecule has 0 saturated carbocycles. The third-order valence-electron chi connectivity index (χ3n) is 4.15. The third kappa shape index (κ3) is 5.31. The van der Waals surface area contributed by atoms with Crippen LogP contribution in [0.1, 0.15) is 37.6 Å². The lowest BCUT2D eigenvalue weighted by atomic mass is 10.1. The Morgan fingerprint density at radius 1 is 1.24 bits per heavy atom. The Balaban J connectivity index is 1.61. The summed E-state index contributed by atoms with van der Waals surface area (Å²) in [7, 11) is 0. The van der Waals surface area contributed by atoms with Crippen LogP contribution in [0.2, 0.25) is 0 Å². The van der Waals surface area contributed by atoms with Crippen molar-refractivity contribution in [1.82, 2.24) is 15.0 Å². The summed E-state index contributed by atoms with van der Waals surface area (Å²) in [6.07, 6.45) is 4.88. The second-order valence-electron chi connectivity index (χ2n) is 6.07. The molecule has 1 fully saturated rings. The average Bonchev–Trinajstić information content (AvgIpc) is 2.63. The summed E-state index contributed by atoms with van der Waals surface area (Å²) in [5, 5.41) is 3.27. The molecule has 1 saturated heterocycles. The minimum absolute atomic E-state index is 0.246. The smallest absolute Gasteiger partial charge is 0.232 e. The van der Waals surface area contributed by atoms with E-state index in [1.807, 2.05) is 18.2 Å². The molecular formula is C18H25N5OS. The number of nitrogens with zero attached hydrogens (tertiary/aromatic N) is 3. The van der Waals surface area contributed by atoms with Gasteiger partial charge in [0.25, 0.3) is 0 Å². The standard InChI is InChI=1S/C18H25N5OS/c1-2-13-7-3-4-9-15(13)20-18-22-16(21-17(19)23-18)12-25-11-14-8-5-6-10-24-14/h3-4,7,9,14H,2,5-6,8,10-12H2,1H3,(H3,19,20,21,22,23)/t14-/m1/s1. The quantitative estimate of drug-likeness (QED) is 0.781. The zero-order valence-electron chi connectivity index (χ0n) is 14.6. The van der Waals surface area contributed by atoms with Crippen LogP contribution in [-0.2, 0) is 16.9 Å². The Kier molecular flexibility index (Phi) is 6.47. The van der Waals surface area contributed by atoms with E-state index in [0.717, 1.165) is 30.9 Å². The molecule has 3 N–H and O–H groups in total. The average molecular weight is 359 g/mol. The lowest BCUT2D eigenvalue weighted by Gasteiger charge is -2.21. The highest BCUT2D eigenvalue weighted by atomic mass is 32.2.